The summed E-state index contributed by atoms with van der Waals surface area (Å²) in [5.41, 5.74) is 4.68. The normalized spacial score (nSPS) is 24.0. The lowest BCUT2D eigenvalue weighted by atomic mass is 9.82. The Morgan fingerprint density at radius 3 is 2.38 bits per heavy atom. The number of fused-ring (bicyclic) bond motifs is 3. The highest BCUT2D eigenvalue weighted by atomic mass is 28.4. The minimum absolute atomic E-state index is 0.0345. The minimum atomic E-state index is -3.06. The number of carbonyl (C=O) groups excluding carboxylic acids is 3. The molecule has 1 fully saturated rings. The third-order valence-electron chi connectivity index (χ3n) is 12.5. The van der Waals surface area contributed by atoms with Crippen LogP contribution in [0.25, 0.3) is 10.8 Å². The second-order valence-corrected chi connectivity index (χ2v) is 20.1. The molecule has 0 unspecified atom stereocenters. The first-order chi connectivity index (χ1) is 26.9. The highest BCUT2D eigenvalue weighted by Crippen LogP contribution is 2.60. The van der Waals surface area contributed by atoms with Crippen molar-refractivity contribution < 1.29 is 33.8 Å². The van der Waals surface area contributed by atoms with Gasteiger partial charge < -0.3 is 29.2 Å². The number of methoxy groups -OCH3 is 1. The number of aliphatic hydroxyl groups is 1. The molecule has 3 amide bonds. The summed E-state index contributed by atoms with van der Waals surface area (Å²) < 4.78 is 12.7. The number of amides is 3. The number of benzene rings is 5. The Hall–Kier alpha value is -5.33. The van der Waals surface area contributed by atoms with Crippen molar-refractivity contribution in [2.24, 2.45) is 5.92 Å². The third-order valence-corrected chi connectivity index (χ3v) is 15.0. The van der Waals surface area contributed by atoms with Crippen LogP contribution in [0.2, 0.25) is 18.6 Å². The molecule has 0 aromatic heterocycles. The fraction of sp³-hybridized carbons (Fsp3) is 0.311. The summed E-state index contributed by atoms with van der Waals surface area (Å²) in [6, 6.07) is 32.5. The van der Waals surface area contributed by atoms with E-state index in [1.165, 1.54) is 0 Å². The van der Waals surface area contributed by atoms with Crippen molar-refractivity contribution in [3.8, 4) is 5.75 Å². The molecule has 4 aliphatic heterocycles. The highest BCUT2D eigenvalue weighted by Gasteiger charge is 2.66. The summed E-state index contributed by atoms with van der Waals surface area (Å²) in [5, 5.41) is 12.3. The predicted octanol–water partition coefficient (Wildman–Crippen LogP) is 6.82. The van der Waals surface area contributed by atoms with Crippen molar-refractivity contribution in [2.45, 2.75) is 69.2 Å². The van der Waals surface area contributed by atoms with Crippen molar-refractivity contribution in [1.29, 1.82) is 0 Å². The van der Waals surface area contributed by atoms with Gasteiger partial charge in [0.05, 0.1) is 55.8 Å². The number of rotatable bonds is 8. The van der Waals surface area contributed by atoms with Gasteiger partial charge in [-0.15, -0.1) is 0 Å². The van der Waals surface area contributed by atoms with Gasteiger partial charge in [-0.2, -0.15) is 0 Å². The average Bonchev–Trinajstić information content (AvgIpc) is 3.75. The smallest absolute Gasteiger partial charge is 0.264 e. The molecule has 286 valence electrons. The first-order valence-corrected chi connectivity index (χ1v) is 22.3. The molecule has 0 bridgehead atoms. The van der Waals surface area contributed by atoms with Gasteiger partial charge >= 0.3 is 0 Å². The molecule has 2 N–H and O–H groups in total. The van der Waals surface area contributed by atoms with Crippen molar-refractivity contribution in [3.63, 3.8) is 0 Å². The molecule has 4 aliphatic rings. The maximum Gasteiger partial charge on any atom is 0.264 e. The second-order valence-electron chi connectivity index (χ2n) is 16.2. The average molecular weight is 768 g/mol. The molecule has 0 aliphatic carbocycles. The summed E-state index contributed by atoms with van der Waals surface area (Å²) in [6.07, 6.45) is -0.226. The first-order valence-electron chi connectivity index (χ1n) is 19.3. The molecule has 5 aromatic carbocycles. The molecule has 4 heterocycles. The van der Waals surface area contributed by atoms with E-state index in [2.05, 4.69) is 0 Å². The molecule has 5 aromatic rings. The molecule has 1 saturated heterocycles. The molecule has 10 nitrogen and oxygen atoms in total. The lowest BCUT2D eigenvalue weighted by Crippen LogP contribution is -2.48. The van der Waals surface area contributed by atoms with Crippen LogP contribution < -0.4 is 14.5 Å². The highest BCUT2D eigenvalue weighted by molar-refractivity contribution is 6.71. The zero-order valence-corrected chi connectivity index (χ0v) is 32.9. The van der Waals surface area contributed by atoms with Gasteiger partial charge in [0.1, 0.15) is 5.75 Å². The van der Waals surface area contributed by atoms with Crippen LogP contribution in [0, 0.1) is 5.92 Å². The Morgan fingerprint density at radius 1 is 0.929 bits per heavy atom. The number of aliphatic hydroxyl groups excluding tert-OH is 1. The Balaban J connectivity index is 1.03. The van der Waals surface area contributed by atoms with E-state index in [0.29, 0.717) is 35.5 Å². The van der Waals surface area contributed by atoms with Gasteiger partial charge in [0, 0.05) is 34.6 Å². The van der Waals surface area contributed by atoms with Gasteiger partial charge in [-0.3, -0.25) is 19.3 Å². The fourth-order valence-electron chi connectivity index (χ4n) is 9.98. The topological polar surface area (TPSA) is 120 Å². The SMILES string of the molecule is COc1ccc2c(c1)[C@]1(O[C@@H](CC(=O)N3Cc4ccccc4C[C@H]3CO)[C@H]([Si](C)(C)O)[C@H]1C)C(=O)N2Cc1ccc(N2C(=O)c3cccc4cccc2c34)cc1. The quantitative estimate of drug-likeness (QED) is 0.166. The van der Waals surface area contributed by atoms with Crippen LogP contribution >= 0.6 is 0 Å². The van der Waals surface area contributed by atoms with Crippen molar-refractivity contribution in [3.05, 3.63) is 131 Å². The number of ether oxygens (including phenoxy) is 2. The number of hydrogen-bond donors (Lipinski definition) is 2. The molecule has 0 radical (unpaired) electrons. The Labute approximate surface area is 327 Å². The molecular formula is C45H45N3O7Si. The predicted molar refractivity (Wildman–Crippen MR) is 216 cm³/mol. The van der Waals surface area contributed by atoms with Gasteiger partial charge in [-0.05, 0) is 84.1 Å². The lowest BCUT2D eigenvalue weighted by Gasteiger charge is -2.37. The molecular weight excluding hydrogens is 723 g/mol. The number of nitrogens with zero attached hydrogens (tertiary/aromatic N) is 3. The monoisotopic (exact) mass is 767 g/mol. The minimum Gasteiger partial charge on any atom is -0.497 e. The number of hydrogen-bond acceptors (Lipinski definition) is 7. The van der Waals surface area contributed by atoms with E-state index in [1.807, 2.05) is 123 Å². The number of anilines is 3. The molecule has 9 rings (SSSR count). The van der Waals surface area contributed by atoms with Gasteiger partial charge in [0.15, 0.2) is 13.9 Å². The van der Waals surface area contributed by atoms with Crippen molar-refractivity contribution in [2.75, 3.05) is 23.5 Å². The van der Waals surface area contributed by atoms with E-state index < -0.39 is 31.5 Å². The summed E-state index contributed by atoms with van der Waals surface area (Å²) >= 11 is 0. The summed E-state index contributed by atoms with van der Waals surface area (Å²) in [5.74, 6) is -0.420. The maximum absolute atomic E-state index is 15.1. The van der Waals surface area contributed by atoms with Crippen molar-refractivity contribution >= 4 is 53.9 Å². The summed E-state index contributed by atoms with van der Waals surface area (Å²) in [7, 11) is -1.48. The van der Waals surface area contributed by atoms with Gasteiger partial charge in [-0.1, -0.05) is 67.6 Å². The van der Waals surface area contributed by atoms with Gasteiger partial charge in [0.25, 0.3) is 11.8 Å². The zero-order chi connectivity index (χ0) is 39.1. The summed E-state index contributed by atoms with van der Waals surface area (Å²) in [6.45, 7) is 6.08. The second kappa shape index (κ2) is 13.4. The lowest BCUT2D eigenvalue weighted by molar-refractivity contribution is -0.151. The Kier molecular flexibility index (Phi) is 8.69. The van der Waals surface area contributed by atoms with Gasteiger partial charge in [-0.25, -0.2) is 0 Å². The van der Waals surface area contributed by atoms with Crippen LogP contribution in [0.3, 0.4) is 0 Å². The fourth-order valence-corrected chi connectivity index (χ4v) is 12.5. The summed E-state index contributed by atoms with van der Waals surface area (Å²) in [4.78, 5) is 60.0. The van der Waals surface area contributed by atoms with Crippen LogP contribution in [-0.4, -0.2) is 66.7 Å². The molecule has 0 saturated carbocycles. The zero-order valence-electron chi connectivity index (χ0n) is 31.9. The van der Waals surface area contributed by atoms with E-state index in [1.54, 1.807) is 21.8 Å². The van der Waals surface area contributed by atoms with E-state index in [4.69, 9.17) is 9.47 Å². The van der Waals surface area contributed by atoms with Crippen LogP contribution in [0.5, 0.6) is 5.75 Å². The van der Waals surface area contributed by atoms with Gasteiger partial charge in [0.2, 0.25) is 5.91 Å². The Bertz CT molecular complexity index is 2410. The number of carbonyl (C=O) groups is 3. The largest absolute Gasteiger partial charge is 0.497 e. The van der Waals surface area contributed by atoms with Crippen LogP contribution in [0.4, 0.5) is 17.1 Å². The molecule has 11 heteroatoms. The third kappa shape index (κ3) is 5.51. The standard InChI is InChI=1S/C45H45N3O7Si/c1-27-42(56(3,4)53)39(23-40(50)46-25-31-10-6-5-9-30(31)21-33(46)26-49)55-45(27)36-22-34(54-2)19-20-37(36)47(44(45)52)24-28-15-17-32(18-16-28)48-38-14-8-12-29-11-7-13-35(41(29)38)43(48)51/h5-20,22,27,33,39,42,49,53H,21,23-26H2,1-4H3/t27-,33+,39+,42-,45+/m1/s1. The maximum atomic E-state index is 15.1. The van der Waals surface area contributed by atoms with Crippen LogP contribution in [-0.2, 0) is 39.4 Å². The van der Waals surface area contributed by atoms with E-state index in [0.717, 1.165) is 38.8 Å². The Morgan fingerprint density at radius 2 is 1.66 bits per heavy atom. The molecule has 1 spiro atoms. The van der Waals surface area contributed by atoms with E-state index >= 15 is 4.79 Å². The van der Waals surface area contributed by atoms with E-state index in [9.17, 15) is 19.5 Å². The van der Waals surface area contributed by atoms with Crippen LogP contribution in [0.1, 0.15) is 46.0 Å². The molecule has 5 atom stereocenters. The molecule has 56 heavy (non-hydrogen) atoms. The van der Waals surface area contributed by atoms with E-state index in [-0.39, 0.29) is 43.3 Å². The van der Waals surface area contributed by atoms with Crippen LogP contribution in [0.15, 0.2) is 103 Å². The van der Waals surface area contributed by atoms with Crippen molar-refractivity contribution in [1.82, 2.24) is 4.90 Å². The first kappa shape index (κ1) is 36.3.